The predicted molar refractivity (Wildman–Crippen MR) is 59.2 cm³/mol. The molecule has 1 aromatic heterocycles. The van der Waals surface area contributed by atoms with Crippen molar-refractivity contribution in [1.29, 1.82) is 5.26 Å². The van der Waals surface area contributed by atoms with E-state index in [0.29, 0.717) is 5.56 Å². The van der Waals surface area contributed by atoms with Gasteiger partial charge >= 0.3 is 0 Å². The summed E-state index contributed by atoms with van der Waals surface area (Å²) in [5.74, 6) is 0. The molecule has 2 nitrogen and oxygen atoms in total. The highest BCUT2D eigenvalue weighted by Gasteiger charge is 2.06. The van der Waals surface area contributed by atoms with E-state index < -0.39 is 0 Å². The van der Waals surface area contributed by atoms with Gasteiger partial charge in [-0.05, 0) is 12.1 Å². The van der Waals surface area contributed by atoms with Crippen LogP contribution in [0.5, 0.6) is 0 Å². The summed E-state index contributed by atoms with van der Waals surface area (Å²) in [5.41, 5.74) is 0.422. The molecule has 0 atom stereocenters. The molecule has 1 heterocycles. The molecule has 0 amide bonds. The summed E-state index contributed by atoms with van der Waals surface area (Å²) in [5, 5.41) is 10.9. The van der Waals surface area contributed by atoms with Gasteiger partial charge in [-0.25, -0.2) is 4.98 Å². The van der Waals surface area contributed by atoms with Crippen molar-refractivity contribution in [2.45, 2.75) is 0 Å². The van der Waals surface area contributed by atoms with Crippen LogP contribution in [0.15, 0.2) is 28.9 Å². The molecular weight excluding hydrogens is 263 g/mol. The van der Waals surface area contributed by atoms with Crippen LogP contribution >= 0.6 is 27.5 Å². The van der Waals surface area contributed by atoms with Crippen molar-refractivity contribution < 1.29 is 0 Å². The van der Waals surface area contributed by atoms with Crippen LogP contribution in [0.25, 0.3) is 10.8 Å². The third-order valence-electron chi connectivity index (χ3n) is 1.92. The average Bonchev–Trinajstić information content (AvgIpc) is 2.17. The second-order valence-electron chi connectivity index (χ2n) is 2.77. The van der Waals surface area contributed by atoms with Crippen molar-refractivity contribution >= 4 is 38.3 Å². The number of aromatic nitrogens is 1. The quantitative estimate of drug-likeness (QED) is 0.685. The van der Waals surface area contributed by atoms with E-state index in [2.05, 4.69) is 27.0 Å². The number of rotatable bonds is 0. The van der Waals surface area contributed by atoms with Crippen molar-refractivity contribution in [1.82, 2.24) is 4.98 Å². The zero-order valence-corrected chi connectivity index (χ0v) is 9.30. The summed E-state index contributed by atoms with van der Waals surface area (Å²) in [7, 11) is 0. The Morgan fingerprint density at radius 3 is 2.93 bits per heavy atom. The minimum Gasteiger partial charge on any atom is -0.242 e. The third kappa shape index (κ3) is 1.47. The number of hydrogen-bond donors (Lipinski definition) is 0. The van der Waals surface area contributed by atoms with Crippen LogP contribution in [0.2, 0.25) is 5.15 Å². The Balaban J connectivity index is 2.93. The van der Waals surface area contributed by atoms with Crippen LogP contribution in [0, 0.1) is 11.3 Å². The van der Waals surface area contributed by atoms with Crippen molar-refractivity contribution in [3.63, 3.8) is 0 Å². The molecule has 0 aliphatic carbocycles. The lowest BCUT2D eigenvalue weighted by Crippen LogP contribution is -1.85. The fourth-order valence-corrected chi connectivity index (χ4v) is 1.82. The number of nitrogens with zero attached hydrogens (tertiary/aromatic N) is 2. The Kier molecular flexibility index (Phi) is 2.40. The summed E-state index contributed by atoms with van der Waals surface area (Å²) >= 11 is 9.15. The van der Waals surface area contributed by atoms with Gasteiger partial charge in [-0.3, -0.25) is 0 Å². The SMILES string of the molecule is N#Cc1c(Cl)ncc2ccc(Br)cc12. The van der Waals surface area contributed by atoms with Crippen molar-refractivity contribution in [2.75, 3.05) is 0 Å². The van der Waals surface area contributed by atoms with Gasteiger partial charge in [0.25, 0.3) is 0 Å². The largest absolute Gasteiger partial charge is 0.242 e. The summed E-state index contributed by atoms with van der Waals surface area (Å²) in [4.78, 5) is 3.94. The van der Waals surface area contributed by atoms with Gasteiger partial charge in [0.05, 0.1) is 5.56 Å². The normalized spacial score (nSPS) is 10.1. The molecule has 0 saturated heterocycles. The lowest BCUT2D eigenvalue weighted by Gasteiger charge is -2.01. The Morgan fingerprint density at radius 2 is 2.21 bits per heavy atom. The molecule has 4 heteroatoms. The van der Waals surface area contributed by atoms with Gasteiger partial charge < -0.3 is 0 Å². The number of fused-ring (bicyclic) bond motifs is 1. The van der Waals surface area contributed by atoms with E-state index in [1.54, 1.807) is 6.20 Å². The van der Waals surface area contributed by atoms with E-state index in [-0.39, 0.29) is 5.15 Å². The van der Waals surface area contributed by atoms with E-state index in [1.807, 2.05) is 18.2 Å². The van der Waals surface area contributed by atoms with Gasteiger partial charge in [0.1, 0.15) is 11.2 Å². The van der Waals surface area contributed by atoms with Gasteiger partial charge in [0.15, 0.2) is 0 Å². The monoisotopic (exact) mass is 266 g/mol. The summed E-state index contributed by atoms with van der Waals surface area (Å²) in [6.07, 6.45) is 1.66. The number of halogens is 2. The van der Waals surface area contributed by atoms with Gasteiger partial charge in [0, 0.05) is 21.4 Å². The molecule has 0 fully saturated rings. The standard InChI is InChI=1S/C10H4BrClN2/c11-7-2-1-6-5-14-10(12)9(4-13)8(6)3-7/h1-3,5H. The van der Waals surface area contributed by atoms with Crippen molar-refractivity contribution in [3.8, 4) is 6.07 Å². The van der Waals surface area contributed by atoms with Gasteiger partial charge in [-0.2, -0.15) is 5.26 Å². The maximum Gasteiger partial charge on any atom is 0.147 e. The number of hydrogen-bond acceptors (Lipinski definition) is 2. The molecule has 2 rings (SSSR count). The number of nitriles is 1. The highest BCUT2D eigenvalue weighted by Crippen LogP contribution is 2.25. The molecule has 2 aromatic rings. The van der Waals surface area contributed by atoms with Crippen LogP contribution in [0.4, 0.5) is 0 Å². The fraction of sp³-hybridized carbons (Fsp3) is 0. The highest BCUT2D eigenvalue weighted by atomic mass is 79.9. The molecule has 0 spiro atoms. The smallest absolute Gasteiger partial charge is 0.147 e. The van der Waals surface area contributed by atoms with Crippen LogP contribution in [0.1, 0.15) is 5.56 Å². The first kappa shape index (κ1) is 9.45. The first-order valence-electron chi connectivity index (χ1n) is 3.86. The molecule has 14 heavy (non-hydrogen) atoms. The van der Waals surface area contributed by atoms with Crippen LogP contribution in [-0.2, 0) is 0 Å². The molecule has 0 saturated carbocycles. The molecule has 0 bridgehead atoms. The van der Waals surface area contributed by atoms with Crippen LogP contribution in [-0.4, -0.2) is 4.98 Å². The Labute approximate surface area is 94.3 Å². The van der Waals surface area contributed by atoms with Crippen LogP contribution in [0.3, 0.4) is 0 Å². The minimum absolute atomic E-state index is 0.248. The molecule has 0 radical (unpaired) electrons. The molecule has 0 aliphatic rings. The van der Waals surface area contributed by atoms with Crippen molar-refractivity contribution in [3.05, 3.63) is 39.6 Å². The van der Waals surface area contributed by atoms with E-state index in [1.165, 1.54) is 0 Å². The predicted octanol–water partition coefficient (Wildman–Crippen LogP) is 3.52. The van der Waals surface area contributed by atoms with E-state index in [4.69, 9.17) is 16.9 Å². The maximum atomic E-state index is 8.92. The lowest BCUT2D eigenvalue weighted by molar-refractivity contribution is 1.34. The highest BCUT2D eigenvalue weighted by molar-refractivity contribution is 9.10. The molecule has 68 valence electrons. The molecular formula is C10H4BrClN2. The zero-order chi connectivity index (χ0) is 10.1. The van der Waals surface area contributed by atoms with Gasteiger partial charge in [-0.15, -0.1) is 0 Å². The Hall–Kier alpha value is -1.11. The summed E-state index contributed by atoms with van der Waals surface area (Å²) in [6.45, 7) is 0. The molecule has 1 aromatic carbocycles. The molecule has 0 aliphatic heterocycles. The van der Waals surface area contributed by atoms with E-state index in [0.717, 1.165) is 15.2 Å². The topological polar surface area (TPSA) is 36.7 Å². The first-order valence-corrected chi connectivity index (χ1v) is 5.03. The Morgan fingerprint density at radius 1 is 1.43 bits per heavy atom. The van der Waals surface area contributed by atoms with E-state index in [9.17, 15) is 0 Å². The molecule has 0 N–H and O–H groups in total. The zero-order valence-electron chi connectivity index (χ0n) is 6.96. The van der Waals surface area contributed by atoms with Gasteiger partial charge in [-0.1, -0.05) is 33.6 Å². The van der Waals surface area contributed by atoms with E-state index >= 15 is 0 Å². The first-order chi connectivity index (χ1) is 6.72. The minimum atomic E-state index is 0.248. The van der Waals surface area contributed by atoms with Crippen LogP contribution < -0.4 is 0 Å². The van der Waals surface area contributed by atoms with Crippen molar-refractivity contribution in [2.24, 2.45) is 0 Å². The number of benzene rings is 1. The van der Waals surface area contributed by atoms with Gasteiger partial charge in [0.2, 0.25) is 0 Å². The maximum absolute atomic E-state index is 8.92. The summed E-state index contributed by atoms with van der Waals surface area (Å²) in [6, 6.07) is 7.71. The Bertz CT molecular complexity index is 540. The molecule has 0 unspecified atom stereocenters. The second kappa shape index (κ2) is 3.56. The lowest BCUT2D eigenvalue weighted by atomic mass is 10.1. The second-order valence-corrected chi connectivity index (χ2v) is 4.04. The summed E-state index contributed by atoms with van der Waals surface area (Å²) < 4.78 is 0.920. The third-order valence-corrected chi connectivity index (χ3v) is 2.70. The average molecular weight is 268 g/mol. The number of pyridine rings is 1. The fourth-order valence-electron chi connectivity index (χ4n) is 1.27.